The number of carboxylic acids is 1. The Balaban J connectivity index is 0.000000162. The zero-order valence-corrected chi connectivity index (χ0v) is 45.2. The molecular weight excluding hydrogens is 1040 g/mol. The van der Waals surface area contributed by atoms with E-state index in [1.165, 1.54) is 73.1 Å². The van der Waals surface area contributed by atoms with Gasteiger partial charge in [-0.05, 0) is 76.9 Å². The van der Waals surface area contributed by atoms with Gasteiger partial charge in [0.1, 0.15) is 35.7 Å². The summed E-state index contributed by atoms with van der Waals surface area (Å²) in [5, 5.41) is 27.8. The summed E-state index contributed by atoms with van der Waals surface area (Å²) >= 11 is 2.80. The molecule has 408 valence electrons. The molecule has 4 aliphatic rings. The molecule has 23 nitrogen and oxygen atoms in total. The average Bonchev–Trinajstić information content (AvgIpc) is 4.12. The van der Waals surface area contributed by atoms with Crippen molar-refractivity contribution < 1.29 is 24.3 Å². The van der Waals surface area contributed by atoms with E-state index in [4.69, 9.17) is 27.4 Å². The molecule has 2 aliphatic heterocycles. The van der Waals surface area contributed by atoms with Crippen molar-refractivity contribution in [3.8, 4) is 22.5 Å². The van der Waals surface area contributed by atoms with Gasteiger partial charge in [-0.15, -0.1) is 22.7 Å². The SMILES string of the molecule is CN(C/C=C/C(=O)N1CC[C@@H](n2nc(-c3ccc(C(=O)Nc4nccs4)cc3)c3c(N)ncnc32)C1)C1CC1.CN(C/C=C/C(=O)N1CC[C@@H](n2nc(-c3ccc(C(=O)O)cc3)c3c(N)ncnc32)C1)C1CC1.Nc1nccs1. The molecule has 0 bridgehead atoms. The zero-order valence-electron chi connectivity index (χ0n) is 43.6. The van der Waals surface area contributed by atoms with E-state index in [2.05, 4.69) is 59.1 Å². The highest BCUT2D eigenvalue weighted by atomic mass is 32.1. The number of carboxylic acid groups (broad SMARTS) is 1. The lowest BCUT2D eigenvalue weighted by molar-refractivity contribution is -0.125. The topological polar surface area (TPSA) is 305 Å². The van der Waals surface area contributed by atoms with E-state index in [0.717, 1.165) is 37.1 Å². The Morgan fingerprint density at radius 2 is 1.10 bits per heavy atom. The van der Waals surface area contributed by atoms with Crippen LogP contribution in [0.2, 0.25) is 0 Å². The predicted molar refractivity (Wildman–Crippen MR) is 304 cm³/mol. The van der Waals surface area contributed by atoms with Crippen LogP contribution in [0.4, 0.5) is 21.9 Å². The molecular formula is C54H60N18O5S2. The van der Waals surface area contributed by atoms with Crippen LogP contribution in [0.25, 0.3) is 44.6 Å². The van der Waals surface area contributed by atoms with Crippen molar-refractivity contribution in [1.29, 1.82) is 0 Å². The van der Waals surface area contributed by atoms with Crippen LogP contribution < -0.4 is 22.5 Å². The number of hydrogen-bond donors (Lipinski definition) is 5. The second kappa shape index (κ2) is 24.0. The molecule has 4 fully saturated rings. The monoisotopic (exact) mass is 1100 g/mol. The number of rotatable bonds is 15. The predicted octanol–water partition coefficient (Wildman–Crippen LogP) is 6.13. The Kier molecular flexibility index (Phi) is 16.4. The minimum atomic E-state index is -0.992. The van der Waals surface area contributed by atoms with Gasteiger partial charge in [-0.25, -0.2) is 44.1 Å². The summed E-state index contributed by atoms with van der Waals surface area (Å²) in [4.78, 5) is 82.6. The van der Waals surface area contributed by atoms with Gasteiger partial charge in [0.25, 0.3) is 5.91 Å². The molecule has 8 aromatic rings. The van der Waals surface area contributed by atoms with Crippen LogP contribution in [0, 0.1) is 0 Å². The number of nitrogens with two attached hydrogens (primary N) is 3. The van der Waals surface area contributed by atoms with Gasteiger partial charge in [0, 0.05) is 103 Å². The Morgan fingerprint density at radius 1 is 0.633 bits per heavy atom. The number of anilines is 4. The van der Waals surface area contributed by atoms with Gasteiger partial charge in [0.15, 0.2) is 21.6 Å². The number of carbonyl (C=O) groups excluding carboxylic acids is 3. The summed E-state index contributed by atoms with van der Waals surface area (Å²) in [6, 6.07) is 14.9. The van der Waals surface area contributed by atoms with Crippen molar-refractivity contribution in [2.45, 2.75) is 62.7 Å². The van der Waals surface area contributed by atoms with Crippen LogP contribution in [0.15, 0.2) is 109 Å². The van der Waals surface area contributed by atoms with E-state index in [1.807, 2.05) is 48.8 Å². The van der Waals surface area contributed by atoms with Crippen molar-refractivity contribution in [2.75, 3.05) is 75.9 Å². The largest absolute Gasteiger partial charge is 0.478 e. The van der Waals surface area contributed by atoms with Crippen molar-refractivity contribution in [1.82, 2.24) is 69.1 Å². The Bertz CT molecular complexity index is 3500. The van der Waals surface area contributed by atoms with E-state index in [0.29, 0.717) is 99.2 Å². The number of nitrogens with one attached hydrogen (secondary N) is 1. The summed E-state index contributed by atoms with van der Waals surface area (Å²) in [5.74, 6) is -0.573. The molecule has 2 saturated carbocycles. The lowest BCUT2D eigenvalue weighted by Gasteiger charge is -2.16. The van der Waals surface area contributed by atoms with Crippen molar-refractivity contribution in [2.24, 2.45) is 0 Å². The van der Waals surface area contributed by atoms with E-state index in [1.54, 1.807) is 54.2 Å². The number of aromatic nitrogens is 10. The minimum absolute atomic E-state index is 0.00165. The number of likely N-dealkylation sites (tertiary alicyclic amines) is 2. The van der Waals surface area contributed by atoms with Gasteiger partial charge < -0.3 is 32.1 Å². The molecule has 8 heterocycles. The Morgan fingerprint density at radius 3 is 1.51 bits per heavy atom. The Labute approximate surface area is 462 Å². The van der Waals surface area contributed by atoms with Crippen LogP contribution in [-0.2, 0) is 9.59 Å². The number of amides is 3. The van der Waals surface area contributed by atoms with Crippen LogP contribution in [0.5, 0.6) is 0 Å². The van der Waals surface area contributed by atoms with Crippen LogP contribution in [0.1, 0.15) is 71.3 Å². The first-order chi connectivity index (χ1) is 38.3. The first kappa shape index (κ1) is 53.9. The fourth-order valence-corrected chi connectivity index (χ4v) is 10.5. The van der Waals surface area contributed by atoms with Crippen LogP contribution >= 0.6 is 22.7 Å². The lowest BCUT2D eigenvalue weighted by Crippen LogP contribution is -2.28. The molecule has 6 aromatic heterocycles. The smallest absolute Gasteiger partial charge is 0.335 e. The molecule has 12 rings (SSSR count). The first-order valence-electron chi connectivity index (χ1n) is 25.9. The number of nitrogens with zero attached hydrogens (tertiary/aromatic N) is 14. The standard InChI is InChI=1S/C27H29N9O2S.C24H27N7O3.C3H4N2S/c1-34(19-8-9-19)12-2-3-21(37)35-13-10-20(15-35)36-25-22(24(28)30-16-31-25)23(33-36)17-4-6-18(7-5-17)26(38)32-27-29-11-14-39-27;1-29(17-8-9-17)11-2-3-19(32)30-12-10-18(13-30)31-23-20(22(25)26-14-27-23)21(28-31)15-4-6-16(7-5-15)24(33)34;4-3-5-1-2-6-3/h2-7,11,14,16,19-20H,8-10,12-13,15H2,1H3,(H2,28,30,31)(H,29,32,38);2-7,14,17-18H,8-13H2,1H3,(H,33,34)(H2,25,26,27);1-2H,(H2,4,5)/b2*3-2+;/t20-;18-;/m11./s1. The third-order valence-electron chi connectivity index (χ3n) is 14.3. The van der Waals surface area contributed by atoms with E-state index >= 15 is 0 Å². The number of benzene rings is 2. The fraction of sp³-hybridized carbons (Fsp3) is 0.333. The molecule has 3 amide bonds. The minimum Gasteiger partial charge on any atom is -0.478 e. The molecule has 2 atom stereocenters. The third kappa shape index (κ3) is 12.8. The van der Waals surface area contributed by atoms with E-state index in [9.17, 15) is 24.3 Å². The zero-order chi connectivity index (χ0) is 55.2. The summed E-state index contributed by atoms with van der Waals surface area (Å²) in [6.07, 6.45) is 19.9. The van der Waals surface area contributed by atoms with Crippen molar-refractivity contribution in [3.05, 3.63) is 120 Å². The second-order valence-electron chi connectivity index (χ2n) is 19.7. The normalized spacial score (nSPS) is 17.2. The van der Waals surface area contributed by atoms with Crippen molar-refractivity contribution in [3.63, 3.8) is 0 Å². The highest BCUT2D eigenvalue weighted by molar-refractivity contribution is 7.13. The molecule has 2 aromatic carbocycles. The molecule has 2 aliphatic carbocycles. The molecule has 79 heavy (non-hydrogen) atoms. The van der Waals surface area contributed by atoms with Gasteiger partial charge in [-0.2, -0.15) is 10.2 Å². The quantitative estimate of drug-likeness (QED) is 0.0721. The van der Waals surface area contributed by atoms with Gasteiger partial charge in [0.05, 0.1) is 28.4 Å². The molecule has 0 spiro atoms. The van der Waals surface area contributed by atoms with E-state index in [-0.39, 0.29) is 35.4 Å². The van der Waals surface area contributed by atoms with Crippen LogP contribution in [-0.4, -0.2) is 163 Å². The van der Waals surface area contributed by atoms with Gasteiger partial charge in [-0.1, -0.05) is 36.4 Å². The summed E-state index contributed by atoms with van der Waals surface area (Å²) in [7, 11) is 4.18. The maximum atomic E-state index is 12.8. The highest BCUT2D eigenvalue weighted by Crippen LogP contribution is 2.36. The maximum absolute atomic E-state index is 12.8. The molecule has 0 radical (unpaired) electrons. The highest BCUT2D eigenvalue weighted by Gasteiger charge is 2.33. The number of thiazole rings is 2. The fourth-order valence-electron chi connectivity index (χ4n) is 9.61. The van der Waals surface area contributed by atoms with Crippen molar-refractivity contribution >= 4 is 90.3 Å². The number of hydrogen-bond acceptors (Lipinski definition) is 19. The Hall–Kier alpha value is -8.52. The molecule has 2 saturated heterocycles. The number of likely N-dealkylation sites (N-methyl/N-ethyl adjacent to an activating group) is 2. The number of nitrogen functional groups attached to an aromatic ring is 3. The van der Waals surface area contributed by atoms with Gasteiger partial charge in [0.2, 0.25) is 11.8 Å². The second-order valence-corrected chi connectivity index (χ2v) is 21.5. The number of carbonyl (C=O) groups is 4. The summed E-state index contributed by atoms with van der Waals surface area (Å²) < 4.78 is 3.69. The van der Waals surface area contributed by atoms with Crippen LogP contribution in [0.3, 0.4) is 0 Å². The summed E-state index contributed by atoms with van der Waals surface area (Å²) in [5.41, 5.74) is 22.3. The van der Waals surface area contributed by atoms with Gasteiger partial charge >= 0.3 is 5.97 Å². The average molecular weight is 1110 g/mol. The number of aromatic carboxylic acids is 1. The maximum Gasteiger partial charge on any atom is 0.335 e. The molecule has 0 unspecified atom stereocenters. The molecule has 25 heteroatoms. The number of fused-ring (bicyclic) bond motifs is 2. The van der Waals surface area contributed by atoms with Gasteiger partial charge in [-0.3, -0.25) is 29.5 Å². The van der Waals surface area contributed by atoms with E-state index < -0.39 is 5.97 Å². The molecule has 8 N–H and O–H groups in total. The third-order valence-corrected chi connectivity index (χ3v) is 15.5. The summed E-state index contributed by atoms with van der Waals surface area (Å²) in [6.45, 7) is 3.90. The lowest BCUT2D eigenvalue weighted by atomic mass is 10.1. The first-order valence-corrected chi connectivity index (χ1v) is 27.6.